The molecule has 0 aliphatic heterocycles. The van der Waals surface area contributed by atoms with Crippen LogP contribution in [0.4, 0.5) is 0 Å². The topological polar surface area (TPSA) is 56.7 Å². The fourth-order valence-electron chi connectivity index (χ4n) is 7.30. The van der Waals surface area contributed by atoms with Gasteiger partial charge < -0.3 is 8.98 Å². The normalized spacial score (nSPS) is 13.3. The summed E-state index contributed by atoms with van der Waals surface area (Å²) in [4.78, 5) is 14.7. The van der Waals surface area contributed by atoms with Crippen molar-refractivity contribution in [2.45, 2.75) is 0 Å². The van der Waals surface area contributed by atoms with E-state index in [4.69, 9.17) is 26.2 Å². The maximum atomic E-state index is 8.82. The molecule has 6 heteroatoms. The molecule has 0 radical (unpaired) electrons. The van der Waals surface area contributed by atoms with Gasteiger partial charge in [0.1, 0.15) is 5.58 Å². The molecule has 0 aliphatic rings. The minimum absolute atomic E-state index is 0.0312. The van der Waals surface area contributed by atoms with Crippen molar-refractivity contribution in [2.75, 3.05) is 0 Å². The third kappa shape index (κ3) is 4.30. The first-order chi connectivity index (χ1) is 27.4. The van der Waals surface area contributed by atoms with Gasteiger partial charge in [-0.25, -0.2) is 15.0 Å². The first-order valence-electron chi connectivity index (χ1n) is 19.0. The average Bonchev–Trinajstić information content (AvgIpc) is 3.92. The van der Waals surface area contributed by atoms with E-state index < -0.39 is 30.2 Å². The molecule has 0 saturated heterocycles. The van der Waals surface area contributed by atoms with Gasteiger partial charge >= 0.3 is 0 Å². The number of aromatic nitrogens is 4. The minimum Gasteiger partial charge on any atom is -0.453 e. The van der Waals surface area contributed by atoms with Crippen LogP contribution in [-0.4, -0.2) is 19.5 Å². The summed E-state index contributed by atoms with van der Waals surface area (Å²) in [6.07, 6.45) is 0. The van der Waals surface area contributed by atoms with Crippen molar-refractivity contribution in [3.63, 3.8) is 0 Å². The molecule has 0 saturated carbocycles. The van der Waals surface area contributed by atoms with Gasteiger partial charge in [-0.1, -0.05) is 109 Å². The van der Waals surface area contributed by atoms with Crippen LogP contribution >= 0.6 is 11.3 Å². The van der Waals surface area contributed by atoms with Crippen LogP contribution in [0.2, 0.25) is 0 Å². The molecule has 0 bridgehead atoms. The van der Waals surface area contributed by atoms with Crippen LogP contribution in [0.15, 0.2) is 162 Å². The number of thiophene rings is 1. The second-order valence-electron chi connectivity index (χ2n) is 12.4. The minimum atomic E-state index is -0.487. The number of para-hydroxylation sites is 4. The van der Waals surface area contributed by atoms with Crippen molar-refractivity contribution in [2.24, 2.45) is 0 Å². The number of furan rings is 1. The van der Waals surface area contributed by atoms with Gasteiger partial charge in [-0.15, -0.1) is 11.3 Å². The van der Waals surface area contributed by atoms with Gasteiger partial charge in [0.05, 0.1) is 29.1 Å². The van der Waals surface area contributed by atoms with Gasteiger partial charge in [-0.2, -0.15) is 0 Å². The summed E-state index contributed by atoms with van der Waals surface area (Å²) >= 11 is 1.70. The smallest absolute Gasteiger partial charge is 0.167 e. The quantitative estimate of drug-likeness (QED) is 0.186. The molecule has 0 atom stereocenters. The fourth-order valence-corrected chi connectivity index (χ4v) is 8.39. The second-order valence-corrected chi connectivity index (χ2v) is 13.5. The molecular weight excluding hydrogens is 645 g/mol. The molecule has 0 aliphatic carbocycles. The molecule has 0 amide bonds. The van der Waals surface area contributed by atoms with Crippen LogP contribution in [-0.2, 0) is 0 Å². The Kier molecular flexibility index (Phi) is 5.08. The lowest BCUT2D eigenvalue weighted by Gasteiger charge is -2.09. The molecule has 51 heavy (non-hydrogen) atoms. The van der Waals surface area contributed by atoms with Crippen LogP contribution in [0, 0.1) is 0 Å². The zero-order chi connectivity index (χ0) is 37.8. The van der Waals surface area contributed by atoms with Crippen molar-refractivity contribution in [1.29, 1.82) is 0 Å². The predicted molar refractivity (Wildman–Crippen MR) is 211 cm³/mol. The van der Waals surface area contributed by atoms with Crippen molar-refractivity contribution < 1.29 is 11.3 Å². The van der Waals surface area contributed by atoms with E-state index in [0.717, 1.165) is 58.4 Å². The van der Waals surface area contributed by atoms with E-state index in [1.54, 1.807) is 11.3 Å². The summed E-state index contributed by atoms with van der Waals surface area (Å²) < 4.78 is 54.1. The van der Waals surface area contributed by atoms with Gasteiger partial charge in [0.25, 0.3) is 0 Å². The number of nitrogens with zero attached hydrogens (tertiary/aromatic N) is 4. The Balaban J connectivity index is 1.18. The van der Waals surface area contributed by atoms with Crippen LogP contribution in [0.5, 0.6) is 0 Å². The molecule has 0 unspecified atom stereocenters. The third-order valence-electron chi connectivity index (χ3n) is 9.56. The number of benzene rings is 7. The highest BCUT2D eigenvalue weighted by atomic mass is 32.1. The summed E-state index contributed by atoms with van der Waals surface area (Å²) in [7, 11) is 0. The van der Waals surface area contributed by atoms with E-state index in [-0.39, 0.29) is 17.2 Å². The molecule has 5 nitrogen and oxygen atoms in total. The van der Waals surface area contributed by atoms with E-state index in [9.17, 15) is 0 Å². The molecule has 11 rings (SSSR count). The Bertz CT molecular complexity index is 3380. The van der Waals surface area contributed by atoms with Crippen molar-refractivity contribution >= 4 is 75.3 Å². The Hall–Kier alpha value is -6.63. The highest BCUT2D eigenvalue weighted by Crippen LogP contribution is 2.41. The van der Waals surface area contributed by atoms with Gasteiger partial charge in [0.2, 0.25) is 0 Å². The lowest BCUT2D eigenvalue weighted by molar-refractivity contribution is 0.667. The summed E-state index contributed by atoms with van der Waals surface area (Å²) in [6, 6.07) is 40.7. The molecule has 4 heterocycles. The zero-order valence-electron chi connectivity index (χ0n) is 31.7. The molecule has 4 aromatic heterocycles. The van der Waals surface area contributed by atoms with Crippen LogP contribution in [0.1, 0.15) is 6.85 Å². The van der Waals surface area contributed by atoms with Gasteiger partial charge in [-0.3, -0.25) is 0 Å². The lowest BCUT2D eigenvalue weighted by atomic mass is 10.1. The van der Waals surface area contributed by atoms with Gasteiger partial charge in [-0.05, 0) is 48.5 Å². The van der Waals surface area contributed by atoms with E-state index in [1.807, 2.05) is 72.8 Å². The molecule has 0 N–H and O–H groups in total. The largest absolute Gasteiger partial charge is 0.453 e. The lowest BCUT2D eigenvalue weighted by Crippen LogP contribution is -2.00. The highest BCUT2D eigenvalue weighted by molar-refractivity contribution is 7.25. The number of hydrogen-bond acceptors (Lipinski definition) is 5. The van der Waals surface area contributed by atoms with Gasteiger partial charge in [0.15, 0.2) is 23.1 Å². The van der Waals surface area contributed by atoms with Crippen molar-refractivity contribution in [3.05, 3.63) is 158 Å². The Morgan fingerprint density at radius 3 is 1.88 bits per heavy atom. The van der Waals surface area contributed by atoms with E-state index in [0.29, 0.717) is 28.1 Å². The molecular formula is C45H26N4OS. The summed E-state index contributed by atoms with van der Waals surface area (Å²) in [6.45, 7) is 0. The molecule has 0 spiro atoms. The SMILES string of the molecule is [2H]c1c([2H])c([2H])c(-c2nc(-c3ccc4sc5ccccc5c4c3)nc(-c3cccc4c3oc3c(-n5c6ccccc6c6ccccc65)cccc34)n2)c([2H])c1[2H]. The monoisotopic (exact) mass is 675 g/mol. The number of hydrogen-bond donors (Lipinski definition) is 0. The molecule has 238 valence electrons. The zero-order valence-corrected chi connectivity index (χ0v) is 27.5. The first-order valence-corrected chi connectivity index (χ1v) is 17.4. The average molecular weight is 676 g/mol. The number of rotatable bonds is 4. The number of fused-ring (bicyclic) bond motifs is 9. The Morgan fingerprint density at radius 1 is 0.490 bits per heavy atom. The summed E-state index contributed by atoms with van der Waals surface area (Å²) in [5, 5.41) is 6.22. The third-order valence-corrected chi connectivity index (χ3v) is 10.7. The van der Waals surface area contributed by atoms with Crippen LogP contribution in [0.3, 0.4) is 0 Å². The fraction of sp³-hybridized carbons (Fsp3) is 0. The van der Waals surface area contributed by atoms with Crippen molar-refractivity contribution in [3.8, 4) is 39.9 Å². The summed E-state index contributed by atoms with van der Waals surface area (Å²) in [5.74, 6) is 0.514. The molecule has 11 aromatic rings. The maximum absolute atomic E-state index is 8.82. The standard InChI is InChI=1S/C45H26N4OS/c1-2-12-27(13-3-1)43-46-44(28-24-25-40-35(26-28)31-16-6-9-23-39(31)51-40)48-45(47-43)34-19-10-17-32-33-18-11-22-38(42(33)50-41(32)34)49-36-20-7-4-14-29(36)30-15-5-8-21-37(30)49/h1-26H/i1D,2D,3D,12D,13D. The predicted octanol–water partition coefficient (Wildman–Crippen LogP) is 12.2. The van der Waals surface area contributed by atoms with Crippen LogP contribution < -0.4 is 0 Å². The van der Waals surface area contributed by atoms with E-state index >= 15 is 0 Å². The van der Waals surface area contributed by atoms with Crippen LogP contribution in [0.25, 0.3) is 104 Å². The van der Waals surface area contributed by atoms with E-state index in [2.05, 4.69) is 59.2 Å². The first kappa shape index (κ1) is 23.7. The Labute approximate surface area is 302 Å². The summed E-state index contributed by atoms with van der Waals surface area (Å²) in [5.41, 5.74) is 5.42. The molecule has 7 aromatic carbocycles. The van der Waals surface area contributed by atoms with Crippen molar-refractivity contribution in [1.82, 2.24) is 19.5 Å². The second kappa shape index (κ2) is 10.9. The van der Waals surface area contributed by atoms with Gasteiger partial charge in [0, 0.05) is 52.8 Å². The van der Waals surface area contributed by atoms with E-state index in [1.165, 1.54) is 0 Å². The Morgan fingerprint density at radius 2 is 1.10 bits per heavy atom. The molecule has 0 fully saturated rings. The maximum Gasteiger partial charge on any atom is 0.167 e. The highest BCUT2D eigenvalue weighted by Gasteiger charge is 2.21.